The maximum atomic E-state index is 12.6. The van der Waals surface area contributed by atoms with Gasteiger partial charge in [-0.05, 0) is 43.0 Å². The molecule has 2 saturated heterocycles. The molecule has 2 aliphatic heterocycles. The number of pyridine rings is 2. The second-order valence-electron chi connectivity index (χ2n) is 10.1. The van der Waals surface area contributed by atoms with E-state index in [-0.39, 0.29) is 41.5 Å². The van der Waals surface area contributed by atoms with Gasteiger partial charge < -0.3 is 14.7 Å². The lowest BCUT2D eigenvalue weighted by Gasteiger charge is -2.34. The van der Waals surface area contributed by atoms with E-state index in [1.807, 2.05) is 13.8 Å². The molecule has 0 atom stereocenters. The molecule has 11 nitrogen and oxygen atoms in total. The zero-order valence-electron chi connectivity index (χ0n) is 21.1. The van der Waals surface area contributed by atoms with E-state index in [2.05, 4.69) is 14.9 Å². The van der Waals surface area contributed by atoms with Crippen molar-refractivity contribution in [3.8, 4) is 5.88 Å². The Hall–Kier alpha value is -3.86. The molecule has 2 aromatic rings. The molecule has 0 bridgehead atoms. The highest BCUT2D eigenvalue weighted by Gasteiger charge is 2.38. The fourth-order valence-corrected chi connectivity index (χ4v) is 4.52. The van der Waals surface area contributed by atoms with Gasteiger partial charge in [0, 0.05) is 57.0 Å². The van der Waals surface area contributed by atoms with E-state index in [0.29, 0.717) is 31.9 Å². The standard InChI is InChI=1S/C26H31N5O6/c1-26(2)14-22(32)31(23(33)15-26)20-7-8-21(28-17-20)37-25(36)30-12-10-29(11-13-30)9-3-4-19-6-5-18(16-27-19)24(34)35/h5-8,16-17H,3-4,9-15H2,1-2H3,(H,34,35). The third-order valence-corrected chi connectivity index (χ3v) is 6.54. The van der Waals surface area contributed by atoms with Gasteiger partial charge in [0.2, 0.25) is 17.7 Å². The van der Waals surface area contributed by atoms with Crippen LogP contribution in [0.1, 0.15) is 49.2 Å². The first-order chi connectivity index (χ1) is 17.6. The summed E-state index contributed by atoms with van der Waals surface area (Å²) in [5.74, 6) is -1.41. The van der Waals surface area contributed by atoms with Crippen LogP contribution in [0.5, 0.6) is 5.88 Å². The average Bonchev–Trinajstić information content (AvgIpc) is 2.84. The number of hydrogen-bond acceptors (Lipinski definition) is 8. The Morgan fingerprint density at radius 3 is 2.24 bits per heavy atom. The maximum absolute atomic E-state index is 12.6. The minimum Gasteiger partial charge on any atom is -0.478 e. The van der Waals surface area contributed by atoms with E-state index in [1.54, 1.807) is 23.1 Å². The number of imide groups is 1. The third kappa shape index (κ3) is 6.67. The van der Waals surface area contributed by atoms with E-state index in [4.69, 9.17) is 9.84 Å². The molecule has 0 unspecified atom stereocenters. The minimum atomic E-state index is -0.988. The summed E-state index contributed by atoms with van der Waals surface area (Å²) in [6.45, 7) is 7.10. The maximum Gasteiger partial charge on any atom is 0.416 e. The van der Waals surface area contributed by atoms with Crippen LogP contribution in [0.25, 0.3) is 0 Å². The summed E-state index contributed by atoms with van der Waals surface area (Å²) in [6.07, 6.45) is 4.43. The SMILES string of the molecule is CC1(C)CC(=O)N(c2ccc(OC(=O)N3CCN(CCCc4ccc(C(=O)O)cn4)CC3)nc2)C(=O)C1. The van der Waals surface area contributed by atoms with E-state index in [0.717, 1.165) is 30.0 Å². The number of carbonyl (C=O) groups excluding carboxylic acids is 3. The van der Waals surface area contributed by atoms with Crippen molar-refractivity contribution < 1.29 is 29.0 Å². The van der Waals surface area contributed by atoms with E-state index < -0.39 is 12.1 Å². The number of ether oxygens (including phenoxy) is 1. The number of carboxylic acid groups (broad SMARTS) is 1. The molecule has 1 N–H and O–H groups in total. The predicted molar refractivity (Wildman–Crippen MR) is 133 cm³/mol. The summed E-state index contributed by atoms with van der Waals surface area (Å²) in [5, 5.41) is 8.95. The van der Waals surface area contributed by atoms with Crippen LogP contribution in [0.15, 0.2) is 36.7 Å². The predicted octanol–water partition coefficient (Wildman–Crippen LogP) is 2.60. The molecule has 4 rings (SSSR count). The zero-order valence-corrected chi connectivity index (χ0v) is 21.1. The summed E-state index contributed by atoms with van der Waals surface area (Å²) in [6, 6.07) is 6.35. The normalized spacial score (nSPS) is 18.1. The number of carbonyl (C=O) groups is 4. The first-order valence-electron chi connectivity index (χ1n) is 12.3. The lowest BCUT2D eigenvalue weighted by molar-refractivity contribution is -0.132. The molecule has 0 radical (unpaired) electrons. The third-order valence-electron chi connectivity index (χ3n) is 6.54. The minimum absolute atomic E-state index is 0.106. The lowest BCUT2D eigenvalue weighted by Crippen LogP contribution is -2.49. The van der Waals surface area contributed by atoms with Crippen molar-refractivity contribution in [1.82, 2.24) is 19.8 Å². The largest absolute Gasteiger partial charge is 0.478 e. The van der Waals surface area contributed by atoms with Crippen LogP contribution in [0, 0.1) is 5.41 Å². The van der Waals surface area contributed by atoms with Gasteiger partial charge in [0.15, 0.2) is 0 Å². The Morgan fingerprint density at radius 1 is 0.973 bits per heavy atom. The first kappa shape index (κ1) is 26.2. The van der Waals surface area contributed by atoms with E-state index >= 15 is 0 Å². The van der Waals surface area contributed by atoms with Crippen molar-refractivity contribution >= 4 is 29.6 Å². The number of aryl methyl sites for hydroxylation is 1. The molecular weight excluding hydrogens is 478 g/mol. The number of carboxylic acids is 1. The van der Waals surface area contributed by atoms with E-state index in [9.17, 15) is 19.2 Å². The molecule has 0 aliphatic carbocycles. The number of hydrogen-bond donors (Lipinski definition) is 1. The lowest BCUT2D eigenvalue weighted by atomic mass is 9.81. The van der Waals surface area contributed by atoms with Crippen LogP contribution in [0.3, 0.4) is 0 Å². The Kier molecular flexibility index (Phi) is 7.82. The molecule has 0 aromatic carbocycles. The molecule has 2 aromatic heterocycles. The summed E-state index contributed by atoms with van der Waals surface area (Å²) >= 11 is 0. The smallest absolute Gasteiger partial charge is 0.416 e. The van der Waals surface area contributed by atoms with Crippen LogP contribution in [0.4, 0.5) is 10.5 Å². The topological polar surface area (TPSA) is 133 Å². The first-order valence-corrected chi connectivity index (χ1v) is 12.3. The molecule has 37 heavy (non-hydrogen) atoms. The second-order valence-corrected chi connectivity index (χ2v) is 10.1. The van der Waals surface area contributed by atoms with Crippen LogP contribution >= 0.6 is 0 Å². The summed E-state index contributed by atoms with van der Waals surface area (Å²) < 4.78 is 5.40. The van der Waals surface area contributed by atoms with Gasteiger partial charge >= 0.3 is 12.1 Å². The number of nitrogens with zero attached hydrogens (tertiary/aromatic N) is 5. The van der Waals surface area contributed by atoms with E-state index in [1.165, 1.54) is 18.5 Å². The quantitative estimate of drug-likeness (QED) is 0.559. The highest BCUT2D eigenvalue weighted by molar-refractivity contribution is 6.16. The number of amides is 3. The molecule has 3 amide bonds. The van der Waals surface area contributed by atoms with Crippen LogP contribution in [-0.4, -0.2) is 81.5 Å². The summed E-state index contributed by atoms with van der Waals surface area (Å²) in [4.78, 5) is 61.7. The van der Waals surface area contributed by atoms with Gasteiger partial charge in [-0.1, -0.05) is 13.8 Å². The number of piperidine rings is 1. The Morgan fingerprint density at radius 2 is 1.68 bits per heavy atom. The molecular formula is C26H31N5O6. The average molecular weight is 510 g/mol. The number of piperazine rings is 1. The molecule has 0 spiro atoms. The fraction of sp³-hybridized carbons (Fsp3) is 0.462. The van der Waals surface area contributed by atoms with Gasteiger partial charge in [-0.25, -0.2) is 19.5 Å². The van der Waals surface area contributed by atoms with Gasteiger partial charge in [0.25, 0.3) is 0 Å². The van der Waals surface area contributed by atoms with Gasteiger partial charge in [-0.2, -0.15) is 0 Å². The highest BCUT2D eigenvalue weighted by Crippen LogP contribution is 2.34. The van der Waals surface area contributed by atoms with Crippen molar-refractivity contribution in [1.29, 1.82) is 0 Å². The van der Waals surface area contributed by atoms with Crippen LogP contribution in [-0.2, 0) is 16.0 Å². The number of rotatable bonds is 7. The number of aromatic nitrogens is 2. The number of aromatic carboxylic acids is 1. The molecule has 4 heterocycles. The highest BCUT2D eigenvalue weighted by atomic mass is 16.6. The Bertz CT molecular complexity index is 1140. The monoisotopic (exact) mass is 509 g/mol. The molecule has 2 aliphatic rings. The van der Waals surface area contributed by atoms with Gasteiger partial charge in [0.05, 0.1) is 17.4 Å². The molecule has 0 saturated carbocycles. The summed E-state index contributed by atoms with van der Waals surface area (Å²) in [7, 11) is 0. The fourth-order valence-electron chi connectivity index (χ4n) is 4.52. The van der Waals surface area contributed by atoms with Crippen molar-refractivity contribution in [2.45, 2.75) is 39.5 Å². The van der Waals surface area contributed by atoms with Gasteiger partial charge in [-0.3, -0.25) is 19.5 Å². The number of anilines is 1. The molecule has 2 fully saturated rings. The van der Waals surface area contributed by atoms with Crippen molar-refractivity contribution in [2.75, 3.05) is 37.6 Å². The second kappa shape index (κ2) is 11.0. The zero-order chi connectivity index (χ0) is 26.6. The summed E-state index contributed by atoms with van der Waals surface area (Å²) in [5.41, 5.74) is 1.04. The van der Waals surface area contributed by atoms with Gasteiger partial charge in [0.1, 0.15) is 0 Å². The Balaban J connectivity index is 1.20. The molecule has 11 heteroatoms. The Labute approximate surface area is 215 Å². The molecule has 196 valence electrons. The van der Waals surface area contributed by atoms with Crippen molar-refractivity contribution in [2.24, 2.45) is 5.41 Å². The van der Waals surface area contributed by atoms with Crippen LogP contribution in [0.2, 0.25) is 0 Å². The van der Waals surface area contributed by atoms with Crippen molar-refractivity contribution in [3.05, 3.63) is 47.9 Å². The van der Waals surface area contributed by atoms with Crippen LogP contribution < -0.4 is 9.64 Å². The van der Waals surface area contributed by atoms with Crippen molar-refractivity contribution in [3.63, 3.8) is 0 Å². The van der Waals surface area contributed by atoms with Gasteiger partial charge in [-0.15, -0.1) is 0 Å².